The lowest BCUT2D eigenvalue weighted by Gasteiger charge is -2.10. The van der Waals surface area contributed by atoms with Gasteiger partial charge in [-0.15, -0.1) is 0 Å². The van der Waals surface area contributed by atoms with Crippen LogP contribution in [0, 0.1) is 0 Å². The van der Waals surface area contributed by atoms with Crippen LogP contribution in [0.15, 0.2) is 47.3 Å². The smallest absolute Gasteiger partial charge is 0.318 e. The van der Waals surface area contributed by atoms with Crippen molar-refractivity contribution in [3.63, 3.8) is 0 Å². The van der Waals surface area contributed by atoms with Gasteiger partial charge in [-0.1, -0.05) is 12.1 Å². The number of rotatable bonds is 2. The Bertz CT molecular complexity index is 1320. The van der Waals surface area contributed by atoms with Crippen LogP contribution in [0.3, 0.4) is 0 Å². The van der Waals surface area contributed by atoms with E-state index in [9.17, 15) is 35.9 Å². The second-order valence-electron chi connectivity index (χ2n) is 7.12. The van der Waals surface area contributed by atoms with Gasteiger partial charge in [0.1, 0.15) is 5.82 Å². The zero-order chi connectivity index (χ0) is 23.3. The molecular weight excluding hydrogens is 440 g/mol. The Morgan fingerprint density at radius 3 is 2.50 bits per heavy atom. The number of carbonyl (C=O) groups is 1. The zero-order valence-corrected chi connectivity index (χ0v) is 16.0. The number of allylic oxidation sites excluding steroid dienone is 1. The van der Waals surface area contributed by atoms with Gasteiger partial charge in [-0.2, -0.15) is 26.3 Å². The van der Waals surface area contributed by atoms with Crippen molar-refractivity contribution in [1.29, 1.82) is 0 Å². The van der Waals surface area contributed by atoms with E-state index in [4.69, 9.17) is 0 Å². The van der Waals surface area contributed by atoms with Crippen molar-refractivity contribution in [1.82, 2.24) is 9.55 Å². The Balaban J connectivity index is 1.73. The maximum absolute atomic E-state index is 13.0. The van der Waals surface area contributed by atoms with Crippen LogP contribution < -0.4 is 10.9 Å². The quantitative estimate of drug-likeness (QED) is 0.564. The van der Waals surface area contributed by atoms with E-state index in [-0.39, 0.29) is 29.0 Å². The summed E-state index contributed by atoms with van der Waals surface area (Å²) >= 11 is 0. The molecular formula is C21H13F6N3O2. The maximum Gasteiger partial charge on any atom is 0.471 e. The Hall–Kier alpha value is -3.63. The third-order valence-corrected chi connectivity index (χ3v) is 4.92. The topological polar surface area (TPSA) is 64.0 Å². The lowest BCUT2D eigenvalue weighted by molar-refractivity contribution is -0.167. The molecule has 0 aliphatic carbocycles. The van der Waals surface area contributed by atoms with Crippen LogP contribution in [0.1, 0.15) is 23.4 Å². The number of fused-ring (bicyclic) bond motifs is 2. The molecule has 1 N–H and O–H groups in total. The van der Waals surface area contributed by atoms with Gasteiger partial charge in [-0.25, -0.2) is 4.98 Å². The molecule has 0 atom stereocenters. The summed E-state index contributed by atoms with van der Waals surface area (Å²) in [5, 5.41) is 1.80. The summed E-state index contributed by atoms with van der Waals surface area (Å²) in [5.74, 6) is -1.93. The molecule has 0 saturated carbocycles. The van der Waals surface area contributed by atoms with Crippen molar-refractivity contribution in [2.75, 3.05) is 5.32 Å². The zero-order valence-electron chi connectivity index (χ0n) is 16.0. The molecule has 2 heterocycles. The molecule has 1 aliphatic rings. The first-order chi connectivity index (χ1) is 14.9. The number of hydrogen-bond acceptors (Lipinski definition) is 3. The predicted octanol–water partition coefficient (Wildman–Crippen LogP) is 4.86. The minimum Gasteiger partial charge on any atom is -0.318 e. The molecule has 0 spiro atoms. The van der Waals surface area contributed by atoms with Crippen LogP contribution in [0.5, 0.6) is 0 Å². The number of anilines is 1. The fourth-order valence-corrected chi connectivity index (χ4v) is 3.44. The fraction of sp³-hybridized carbons (Fsp3) is 0.190. The first-order valence-corrected chi connectivity index (χ1v) is 9.24. The Morgan fingerprint density at radius 2 is 1.81 bits per heavy atom. The van der Waals surface area contributed by atoms with Crippen molar-refractivity contribution in [3.8, 4) is 0 Å². The molecule has 1 amide bonds. The summed E-state index contributed by atoms with van der Waals surface area (Å²) in [6, 6.07) is 8.31. The van der Waals surface area contributed by atoms with Crippen LogP contribution in [0.25, 0.3) is 22.6 Å². The van der Waals surface area contributed by atoms with Crippen LogP contribution in [0.4, 0.5) is 32.0 Å². The number of aromatic nitrogens is 2. The van der Waals surface area contributed by atoms with Crippen LogP contribution >= 0.6 is 0 Å². The Labute approximate surface area is 176 Å². The predicted molar refractivity (Wildman–Crippen MR) is 105 cm³/mol. The second-order valence-corrected chi connectivity index (χ2v) is 7.12. The number of amides is 1. The highest BCUT2D eigenvalue weighted by Gasteiger charge is 2.38. The van der Waals surface area contributed by atoms with E-state index in [2.05, 4.69) is 4.98 Å². The SMILES string of the molecule is O=C(Nc1cccc(/C=C2\CCn3c2nc2cc(C(F)(F)F)ccc2c3=O)c1)C(F)(F)F. The largest absolute Gasteiger partial charge is 0.471 e. The average Bonchev–Trinajstić information content (AvgIpc) is 3.09. The molecule has 1 aliphatic heterocycles. The summed E-state index contributed by atoms with van der Waals surface area (Å²) in [6.45, 7) is 0.258. The number of nitrogens with zero attached hydrogens (tertiary/aromatic N) is 2. The maximum atomic E-state index is 13.0. The van der Waals surface area contributed by atoms with Gasteiger partial charge in [0.2, 0.25) is 0 Å². The number of nitrogens with one attached hydrogen (secondary N) is 1. The summed E-state index contributed by atoms with van der Waals surface area (Å²) < 4.78 is 77.8. The molecule has 4 rings (SSSR count). The lowest BCUT2D eigenvalue weighted by Crippen LogP contribution is -2.29. The van der Waals surface area contributed by atoms with Crippen LogP contribution in [0.2, 0.25) is 0 Å². The Morgan fingerprint density at radius 1 is 1.06 bits per heavy atom. The van der Waals surface area contributed by atoms with Crippen LogP contribution in [-0.2, 0) is 17.5 Å². The van der Waals surface area contributed by atoms with Gasteiger partial charge in [0.05, 0.1) is 16.5 Å². The monoisotopic (exact) mass is 453 g/mol. The van der Waals surface area contributed by atoms with Crippen molar-refractivity contribution >= 4 is 34.1 Å². The minimum atomic E-state index is -5.04. The average molecular weight is 453 g/mol. The standard InChI is InChI=1S/C21H13F6N3O2/c22-20(23,24)13-4-5-15-16(10-13)29-17-12(6-7-30(17)18(15)31)8-11-2-1-3-14(9-11)28-19(32)21(25,26)27/h1-5,8-10H,6-7H2,(H,28,32)/b12-8+. The van der Waals surface area contributed by atoms with Gasteiger partial charge in [0.25, 0.3) is 5.56 Å². The highest BCUT2D eigenvalue weighted by atomic mass is 19.4. The third-order valence-electron chi connectivity index (χ3n) is 4.92. The third kappa shape index (κ3) is 4.10. The van der Waals surface area contributed by atoms with E-state index in [0.717, 1.165) is 18.2 Å². The molecule has 0 saturated heterocycles. The fourth-order valence-electron chi connectivity index (χ4n) is 3.44. The number of hydrogen-bond donors (Lipinski definition) is 1. The van der Waals surface area contributed by atoms with Crippen molar-refractivity contribution in [3.05, 3.63) is 69.8 Å². The summed E-state index contributed by atoms with van der Waals surface area (Å²) in [6.07, 6.45) is -7.72. The molecule has 2 aromatic carbocycles. The molecule has 32 heavy (non-hydrogen) atoms. The van der Waals surface area contributed by atoms with E-state index in [0.29, 0.717) is 17.6 Å². The molecule has 11 heteroatoms. The molecule has 5 nitrogen and oxygen atoms in total. The molecule has 1 aromatic heterocycles. The first kappa shape index (κ1) is 21.6. The van der Waals surface area contributed by atoms with E-state index in [1.807, 2.05) is 0 Å². The van der Waals surface area contributed by atoms with Crippen molar-refractivity contribution < 1.29 is 31.1 Å². The van der Waals surface area contributed by atoms with Gasteiger partial charge in [-0.05, 0) is 54.0 Å². The molecule has 0 bridgehead atoms. The summed E-state index contributed by atoms with van der Waals surface area (Å²) in [7, 11) is 0. The Kier molecular flexibility index (Phi) is 5.06. The second kappa shape index (κ2) is 7.50. The molecule has 0 fully saturated rings. The van der Waals surface area contributed by atoms with Gasteiger partial charge >= 0.3 is 18.3 Å². The summed E-state index contributed by atoms with van der Waals surface area (Å²) in [4.78, 5) is 28.1. The number of carbonyl (C=O) groups excluding carboxylic acids is 1. The van der Waals surface area contributed by atoms with Crippen LogP contribution in [-0.4, -0.2) is 21.6 Å². The van der Waals surface area contributed by atoms with Gasteiger partial charge in [-0.3, -0.25) is 14.2 Å². The van der Waals surface area contributed by atoms with Gasteiger partial charge in [0.15, 0.2) is 0 Å². The highest BCUT2D eigenvalue weighted by Crippen LogP contribution is 2.32. The molecule has 0 unspecified atom stereocenters. The van der Waals surface area contributed by atoms with E-state index in [1.165, 1.54) is 22.8 Å². The highest BCUT2D eigenvalue weighted by molar-refractivity contribution is 5.95. The number of alkyl halides is 6. The number of halogens is 6. The number of benzene rings is 2. The van der Waals surface area contributed by atoms with Gasteiger partial charge in [0, 0.05) is 12.2 Å². The van der Waals surface area contributed by atoms with Gasteiger partial charge < -0.3 is 5.32 Å². The van der Waals surface area contributed by atoms with Crippen molar-refractivity contribution in [2.24, 2.45) is 0 Å². The normalized spacial score (nSPS) is 15.2. The van der Waals surface area contributed by atoms with E-state index in [1.54, 1.807) is 17.5 Å². The lowest BCUT2D eigenvalue weighted by atomic mass is 10.1. The molecule has 166 valence electrons. The molecule has 0 radical (unpaired) electrons. The minimum absolute atomic E-state index is 0.0554. The molecule has 3 aromatic rings. The van der Waals surface area contributed by atoms with E-state index < -0.39 is 29.4 Å². The van der Waals surface area contributed by atoms with E-state index >= 15 is 0 Å². The summed E-state index contributed by atoms with van der Waals surface area (Å²) in [5.41, 5.74) is -0.646. The first-order valence-electron chi connectivity index (χ1n) is 9.24. The van der Waals surface area contributed by atoms with Crippen molar-refractivity contribution in [2.45, 2.75) is 25.3 Å².